The highest BCUT2D eigenvalue weighted by molar-refractivity contribution is 6.02. The highest BCUT2D eigenvalue weighted by atomic mass is 15.2. The molecular formula is C67H50N2. The molecular weight excluding hydrogens is 833 g/mol. The van der Waals surface area contributed by atoms with E-state index < -0.39 is 5.41 Å². The molecule has 4 aliphatic rings. The lowest BCUT2D eigenvalue weighted by atomic mass is 9.64. The fraction of sp³-hybridized carbons (Fsp3) is 0.104. The van der Waals surface area contributed by atoms with Crippen LogP contribution in [0.5, 0.6) is 0 Å². The molecule has 0 bridgehead atoms. The summed E-state index contributed by atoms with van der Waals surface area (Å²) in [5.74, 6) is 0. The standard InChI is InChI=1S/C67H50N2/c1-65(2)53-26-13-11-24-48(53)50-38-35-46(41-59(50)65)68(47-36-39-51-49-37-34-44(43-20-7-5-8-21-43)40-58(49)66(3,4)60(51)42-47)63-33-19-30-57-64(63)52-25-12-14-27-54(52)67(57)55-28-15-17-31-61(55)69(45-22-9-6-10-23-45)62-32-18-16-29-56(62)67/h5-42H,1-4H3. The molecule has 0 fully saturated rings. The zero-order chi connectivity index (χ0) is 46.2. The summed E-state index contributed by atoms with van der Waals surface area (Å²) < 4.78 is 0. The fourth-order valence-corrected chi connectivity index (χ4v) is 13.1. The van der Waals surface area contributed by atoms with Crippen LogP contribution in [0.4, 0.5) is 34.1 Å². The van der Waals surface area contributed by atoms with Gasteiger partial charge in [-0.25, -0.2) is 0 Å². The summed E-state index contributed by atoms with van der Waals surface area (Å²) in [5.41, 5.74) is 27.0. The van der Waals surface area contributed by atoms with Crippen molar-refractivity contribution < 1.29 is 0 Å². The average molecular weight is 883 g/mol. The Morgan fingerprint density at radius 3 is 1.42 bits per heavy atom. The van der Waals surface area contributed by atoms with Gasteiger partial charge >= 0.3 is 0 Å². The molecule has 0 atom stereocenters. The second-order valence-corrected chi connectivity index (χ2v) is 20.4. The van der Waals surface area contributed by atoms with Gasteiger partial charge in [-0.3, -0.25) is 0 Å². The van der Waals surface area contributed by atoms with Gasteiger partial charge < -0.3 is 9.80 Å². The van der Waals surface area contributed by atoms with E-state index in [1.165, 1.54) is 106 Å². The lowest BCUT2D eigenvalue weighted by Crippen LogP contribution is -2.36. The van der Waals surface area contributed by atoms with E-state index in [4.69, 9.17) is 0 Å². The number of hydrogen-bond donors (Lipinski definition) is 0. The first kappa shape index (κ1) is 39.9. The van der Waals surface area contributed by atoms with Gasteiger partial charge in [-0.05, 0) is 144 Å². The van der Waals surface area contributed by atoms with Crippen LogP contribution < -0.4 is 9.80 Å². The Morgan fingerprint density at radius 1 is 0.319 bits per heavy atom. The summed E-state index contributed by atoms with van der Waals surface area (Å²) in [6.07, 6.45) is 0. The van der Waals surface area contributed by atoms with Crippen LogP contribution in [-0.4, -0.2) is 0 Å². The van der Waals surface area contributed by atoms with Gasteiger partial charge in [0.2, 0.25) is 0 Å². The van der Waals surface area contributed by atoms with Crippen LogP contribution in [0.25, 0.3) is 44.5 Å². The Morgan fingerprint density at radius 2 is 0.783 bits per heavy atom. The molecule has 0 saturated carbocycles. The molecule has 14 rings (SSSR count). The van der Waals surface area contributed by atoms with E-state index in [1.54, 1.807) is 0 Å². The van der Waals surface area contributed by atoms with Gasteiger partial charge in [-0.2, -0.15) is 0 Å². The monoisotopic (exact) mass is 882 g/mol. The van der Waals surface area contributed by atoms with Gasteiger partial charge in [0.15, 0.2) is 0 Å². The largest absolute Gasteiger partial charge is 0.310 e. The van der Waals surface area contributed by atoms with Gasteiger partial charge in [0, 0.05) is 33.5 Å². The predicted molar refractivity (Wildman–Crippen MR) is 287 cm³/mol. The molecule has 10 aromatic carbocycles. The number of fused-ring (bicyclic) bond motifs is 15. The van der Waals surface area contributed by atoms with Crippen LogP contribution in [0, 0.1) is 0 Å². The summed E-state index contributed by atoms with van der Waals surface area (Å²) in [4.78, 5) is 5.05. The summed E-state index contributed by atoms with van der Waals surface area (Å²) in [6.45, 7) is 9.60. The van der Waals surface area contributed by atoms with Crippen molar-refractivity contribution in [2.75, 3.05) is 9.80 Å². The quantitative estimate of drug-likeness (QED) is 0.170. The molecule has 2 heteroatoms. The van der Waals surface area contributed by atoms with Crippen LogP contribution in [0.1, 0.15) is 72.2 Å². The van der Waals surface area contributed by atoms with E-state index in [1.807, 2.05) is 0 Å². The van der Waals surface area contributed by atoms with E-state index >= 15 is 0 Å². The highest BCUT2D eigenvalue weighted by Gasteiger charge is 2.52. The third-order valence-corrected chi connectivity index (χ3v) is 16.3. The first-order valence-corrected chi connectivity index (χ1v) is 24.4. The maximum atomic E-state index is 2.58. The molecule has 1 heterocycles. The van der Waals surface area contributed by atoms with Crippen LogP contribution in [-0.2, 0) is 16.2 Å². The van der Waals surface area contributed by atoms with Gasteiger partial charge in [0.1, 0.15) is 0 Å². The third-order valence-electron chi connectivity index (χ3n) is 16.3. The molecule has 0 unspecified atom stereocenters. The Balaban J connectivity index is 1.02. The summed E-state index contributed by atoms with van der Waals surface area (Å²) in [6, 6.07) is 86.8. The van der Waals surface area contributed by atoms with E-state index in [9.17, 15) is 0 Å². The number of rotatable bonds is 5. The number of anilines is 6. The maximum Gasteiger partial charge on any atom is 0.0755 e. The van der Waals surface area contributed by atoms with Crippen molar-refractivity contribution in [2.45, 2.75) is 43.9 Å². The highest BCUT2D eigenvalue weighted by Crippen LogP contribution is 2.65. The topological polar surface area (TPSA) is 6.48 Å². The van der Waals surface area contributed by atoms with E-state index in [0.29, 0.717) is 0 Å². The van der Waals surface area contributed by atoms with Gasteiger partial charge in [-0.1, -0.05) is 198 Å². The first-order chi connectivity index (χ1) is 33.8. The Bertz CT molecular complexity index is 3700. The van der Waals surface area contributed by atoms with Crippen molar-refractivity contribution >= 4 is 34.1 Å². The van der Waals surface area contributed by atoms with Gasteiger partial charge in [0.25, 0.3) is 0 Å². The van der Waals surface area contributed by atoms with E-state index in [0.717, 1.165) is 17.1 Å². The molecule has 0 amide bonds. The lowest BCUT2D eigenvalue weighted by molar-refractivity contribution is 0.660. The second-order valence-electron chi connectivity index (χ2n) is 20.4. The summed E-state index contributed by atoms with van der Waals surface area (Å²) in [7, 11) is 0. The smallest absolute Gasteiger partial charge is 0.0755 e. The van der Waals surface area contributed by atoms with Crippen molar-refractivity contribution in [3.63, 3.8) is 0 Å². The Labute approximate surface area is 405 Å². The number of hydrogen-bond acceptors (Lipinski definition) is 2. The zero-order valence-corrected chi connectivity index (χ0v) is 39.3. The Hall–Kier alpha value is -8.20. The Kier molecular flexibility index (Phi) is 8.33. The van der Waals surface area contributed by atoms with Crippen molar-refractivity contribution in [1.82, 2.24) is 0 Å². The van der Waals surface area contributed by atoms with Crippen LogP contribution in [0.2, 0.25) is 0 Å². The van der Waals surface area contributed by atoms with Crippen molar-refractivity contribution in [2.24, 2.45) is 0 Å². The first-order valence-electron chi connectivity index (χ1n) is 24.4. The molecule has 69 heavy (non-hydrogen) atoms. The average Bonchev–Trinajstić information content (AvgIpc) is 3.91. The fourth-order valence-electron chi connectivity index (χ4n) is 13.1. The van der Waals surface area contributed by atoms with Crippen molar-refractivity contribution in [1.29, 1.82) is 0 Å². The molecule has 10 aromatic rings. The summed E-state index contributed by atoms with van der Waals surface area (Å²) in [5, 5.41) is 0. The molecule has 2 nitrogen and oxygen atoms in total. The van der Waals surface area contributed by atoms with Crippen molar-refractivity contribution in [3.8, 4) is 44.5 Å². The molecule has 1 aliphatic heterocycles. The van der Waals surface area contributed by atoms with Crippen molar-refractivity contribution in [3.05, 3.63) is 275 Å². The van der Waals surface area contributed by atoms with E-state index in [2.05, 4.69) is 268 Å². The second kappa shape index (κ2) is 14.4. The molecule has 0 saturated heterocycles. The molecule has 0 radical (unpaired) electrons. The number of benzene rings is 10. The predicted octanol–water partition coefficient (Wildman–Crippen LogP) is 17.6. The molecule has 0 N–H and O–H groups in total. The SMILES string of the molecule is CC1(C)c2ccccc2-c2ccc(N(c3ccc4c(c3)C(C)(C)c3cc(-c5ccccc5)ccc3-4)c3cccc4c3-c3ccccc3C43c4ccccc4N(c4ccccc4)c4ccccc43)cc21. The minimum absolute atomic E-state index is 0.166. The minimum Gasteiger partial charge on any atom is -0.310 e. The lowest BCUT2D eigenvalue weighted by Gasteiger charge is -2.45. The van der Waals surface area contributed by atoms with Crippen LogP contribution in [0.15, 0.2) is 231 Å². The van der Waals surface area contributed by atoms with Gasteiger partial charge in [-0.15, -0.1) is 0 Å². The minimum atomic E-state index is -0.578. The van der Waals surface area contributed by atoms with Crippen LogP contribution in [0.3, 0.4) is 0 Å². The number of nitrogens with zero attached hydrogens (tertiary/aromatic N) is 2. The number of para-hydroxylation sites is 3. The van der Waals surface area contributed by atoms with Gasteiger partial charge in [0.05, 0.1) is 22.5 Å². The van der Waals surface area contributed by atoms with E-state index in [-0.39, 0.29) is 10.8 Å². The normalized spacial score (nSPS) is 15.3. The molecule has 3 aliphatic carbocycles. The van der Waals surface area contributed by atoms with Crippen LogP contribution >= 0.6 is 0 Å². The third kappa shape index (κ3) is 5.37. The molecule has 328 valence electrons. The maximum absolute atomic E-state index is 2.58. The zero-order valence-electron chi connectivity index (χ0n) is 39.3. The molecule has 1 spiro atoms. The summed E-state index contributed by atoms with van der Waals surface area (Å²) >= 11 is 0. The molecule has 0 aromatic heterocycles.